The third kappa shape index (κ3) is 4.64. The predicted molar refractivity (Wildman–Crippen MR) is 128 cm³/mol. The van der Waals surface area contributed by atoms with Crippen LogP contribution >= 0.6 is 0 Å². The van der Waals surface area contributed by atoms with Gasteiger partial charge in [-0.05, 0) is 49.5 Å². The van der Waals surface area contributed by atoms with Crippen LogP contribution in [0.2, 0.25) is 0 Å². The van der Waals surface area contributed by atoms with Crippen LogP contribution in [-0.4, -0.2) is 34.1 Å². The summed E-state index contributed by atoms with van der Waals surface area (Å²) in [6, 6.07) is 14.7. The number of nitrogens with one attached hydrogen (secondary N) is 1. The number of hydrogen-bond donors (Lipinski definition) is 2. The van der Waals surface area contributed by atoms with Crippen molar-refractivity contribution in [2.45, 2.75) is 51.9 Å². The molecule has 2 amide bonds. The molecule has 3 N–H and O–H groups in total. The van der Waals surface area contributed by atoms with Crippen LogP contribution in [0.1, 0.15) is 47.7 Å². The highest BCUT2D eigenvalue weighted by atomic mass is 16.6. The Hall–Kier alpha value is -3.58. The van der Waals surface area contributed by atoms with Crippen LogP contribution in [0.25, 0.3) is 0 Å². The molecule has 0 saturated heterocycles. The minimum Gasteiger partial charge on any atom is -0.444 e. The number of nitrogens with two attached hydrogens (primary N) is 1. The normalized spacial score (nSPS) is 18.2. The van der Waals surface area contributed by atoms with E-state index in [9.17, 15) is 9.59 Å². The number of anilines is 1. The molecule has 0 spiro atoms. The van der Waals surface area contributed by atoms with E-state index in [0.29, 0.717) is 12.0 Å². The quantitative estimate of drug-likeness (QED) is 0.381. The number of hydrogen-bond acceptors (Lipinski definition) is 5. The first kappa shape index (κ1) is 22.6. The van der Waals surface area contributed by atoms with E-state index in [4.69, 9.17) is 10.6 Å². The van der Waals surface area contributed by atoms with Gasteiger partial charge in [0.1, 0.15) is 12.8 Å². The summed E-state index contributed by atoms with van der Waals surface area (Å²) in [7, 11) is 0. The number of ether oxygens (including phenoxy) is 1. The topological polar surface area (TPSA) is 87.9 Å². The Kier molecular flexibility index (Phi) is 6.79. The Morgan fingerprint density at radius 2 is 2.03 bits per heavy atom. The van der Waals surface area contributed by atoms with E-state index >= 15 is 0 Å². The number of hydrazine groups is 1. The molecule has 1 heterocycles. The lowest BCUT2D eigenvalue weighted by molar-refractivity contribution is 0.0469. The molecule has 2 atom stereocenters. The molecule has 2 unspecified atom stereocenters. The molecule has 2 aromatic rings. The van der Waals surface area contributed by atoms with Crippen LogP contribution < -0.4 is 11.2 Å². The van der Waals surface area contributed by atoms with Gasteiger partial charge in [-0.1, -0.05) is 61.5 Å². The van der Waals surface area contributed by atoms with Gasteiger partial charge in [-0.2, -0.15) is 0 Å². The number of nitrogens with zero attached hydrogens (tertiary/aromatic N) is 2. The third-order valence-corrected chi connectivity index (χ3v) is 6.14. The van der Waals surface area contributed by atoms with Crippen molar-refractivity contribution < 1.29 is 14.3 Å². The van der Waals surface area contributed by atoms with Crippen molar-refractivity contribution in [1.29, 1.82) is 0 Å². The van der Waals surface area contributed by atoms with Gasteiger partial charge >= 0.3 is 6.09 Å². The second-order valence-electron chi connectivity index (χ2n) is 8.31. The fourth-order valence-electron chi connectivity index (χ4n) is 4.41. The lowest BCUT2D eigenvalue weighted by Crippen LogP contribution is -2.62. The van der Waals surface area contributed by atoms with Gasteiger partial charge in [0.2, 0.25) is 0 Å². The highest BCUT2D eigenvalue weighted by molar-refractivity contribution is 6.04. The van der Waals surface area contributed by atoms with Gasteiger partial charge in [-0.15, -0.1) is 0 Å². The van der Waals surface area contributed by atoms with Crippen LogP contribution in [-0.2, 0) is 11.3 Å². The van der Waals surface area contributed by atoms with Gasteiger partial charge in [0, 0.05) is 11.4 Å². The first-order chi connectivity index (χ1) is 16.0. The summed E-state index contributed by atoms with van der Waals surface area (Å²) < 4.78 is 5.46. The Bertz CT molecular complexity index is 1080. The second kappa shape index (κ2) is 9.92. The number of fused-ring (bicyclic) bond motifs is 1. The molecule has 1 aliphatic heterocycles. The van der Waals surface area contributed by atoms with Gasteiger partial charge in [0.05, 0.1) is 11.6 Å². The Balaban J connectivity index is 1.62. The lowest BCUT2D eigenvalue weighted by Gasteiger charge is -2.45. The molecule has 172 valence electrons. The summed E-state index contributed by atoms with van der Waals surface area (Å²) in [5.74, 6) is 6.22. The summed E-state index contributed by atoms with van der Waals surface area (Å²) in [6.07, 6.45) is 6.96. The average molecular weight is 447 g/mol. The van der Waals surface area contributed by atoms with Crippen LogP contribution in [0.15, 0.2) is 72.5 Å². The molecule has 2 aliphatic rings. The monoisotopic (exact) mass is 446 g/mol. The van der Waals surface area contributed by atoms with Gasteiger partial charge in [0.25, 0.3) is 5.91 Å². The molecular weight excluding hydrogens is 416 g/mol. The Morgan fingerprint density at radius 1 is 1.24 bits per heavy atom. The lowest BCUT2D eigenvalue weighted by atomic mass is 9.96. The standard InChI is InChI=1S/C26H30N4O3/c1-3-22(30(27)26(32)33-17-19-12-6-4-7-13-19)24-28-21-16-10-11-18(2)23(21)25(31)29(24)20-14-8-5-9-15-20/h4-8,10-14,16,22,24,28H,3,9,15,17,27H2,1-2H3. The number of carbonyl (C=O) groups is 2. The molecule has 0 aromatic heterocycles. The van der Waals surface area contributed by atoms with Crippen molar-refractivity contribution in [2.24, 2.45) is 5.84 Å². The summed E-state index contributed by atoms with van der Waals surface area (Å²) in [5, 5.41) is 4.60. The highest BCUT2D eigenvalue weighted by Crippen LogP contribution is 2.34. The number of amides is 2. The zero-order chi connectivity index (χ0) is 23.4. The fourth-order valence-corrected chi connectivity index (χ4v) is 4.41. The maximum atomic E-state index is 13.7. The summed E-state index contributed by atoms with van der Waals surface area (Å²) in [6.45, 7) is 4.00. The number of aryl methyl sites for hydroxylation is 1. The first-order valence-electron chi connectivity index (χ1n) is 11.3. The van der Waals surface area contributed by atoms with E-state index in [1.54, 1.807) is 4.90 Å². The zero-order valence-electron chi connectivity index (χ0n) is 19.0. The van der Waals surface area contributed by atoms with Crippen LogP contribution in [0.4, 0.5) is 10.5 Å². The molecular formula is C26H30N4O3. The van der Waals surface area contributed by atoms with Crippen molar-refractivity contribution in [3.63, 3.8) is 0 Å². The molecule has 7 nitrogen and oxygen atoms in total. The van der Waals surface area contributed by atoms with Gasteiger partial charge < -0.3 is 10.1 Å². The SMILES string of the molecule is CCC(C1Nc2cccc(C)c2C(=O)N1C1=CC=CCC1)N(N)C(=O)OCc1ccccc1. The van der Waals surface area contributed by atoms with E-state index in [0.717, 1.165) is 40.4 Å². The van der Waals surface area contributed by atoms with Crippen molar-refractivity contribution in [1.82, 2.24) is 9.91 Å². The maximum Gasteiger partial charge on any atom is 0.424 e. The number of rotatable bonds is 6. The van der Waals surface area contributed by atoms with Gasteiger partial charge in [-0.3, -0.25) is 9.69 Å². The van der Waals surface area contributed by atoms with Gasteiger partial charge in [0.15, 0.2) is 0 Å². The summed E-state index contributed by atoms with van der Waals surface area (Å²) >= 11 is 0. The fraction of sp³-hybridized carbons (Fsp3) is 0.308. The zero-order valence-corrected chi connectivity index (χ0v) is 19.0. The summed E-state index contributed by atoms with van der Waals surface area (Å²) in [5.41, 5.74) is 4.08. The van der Waals surface area contributed by atoms with Gasteiger partial charge in [-0.25, -0.2) is 15.6 Å². The highest BCUT2D eigenvalue weighted by Gasteiger charge is 2.41. The number of benzene rings is 2. The average Bonchev–Trinajstić information content (AvgIpc) is 2.84. The minimum absolute atomic E-state index is 0.0853. The smallest absolute Gasteiger partial charge is 0.424 e. The second-order valence-corrected chi connectivity index (χ2v) is 8.31. The maximum absolute atomic E-state index is 13.7. The van der Waals surface area contributed by atoms with Crippen molar-refractivity contribution in [2.75, 3.05) is 5.32 Å². The molecule has 0 saturated carbocycles. The summed E-state index contributed by atoms with van der Waals surface area (Å²) in [4.78, 5) is 28.3. The van der Waals surface area contributed by atoms with Crippen molar-refractivity contribution in [3.8, 4) is 0 Å². The third-order valence-electron chi connectivity index (χ3n) is 6.14. The molecule has 0 fully saturated rings. The van der Waals surface area contributed by atoms with Crippen LogP contribution in [0.3, 0.4) is 0 Å². The molecule has 7 heteroatoms. The van der Waals surface area contributed by atoms with E-state index in [-0.39, 0.29) is 12.5 Å². The predicted octanol–water partition coefficient (Wildman–Crippen LogP) is 4.71. The minimum atomic E-state index is -0.632. The number of allylic oxidation sites excluding steroid dienone is 4. The molecule has 1 aliphatic carbocycles. The van der Waals surface area contributed by atoms with Crippen molar-refractivity contribution >= 4 is 17.7 Å². The molecule has 33 heavy (non-hydrogen) atoms. The van der Waals surface area contributed by atoms with E-state index in [1.807, 2.05) is 74.5 Å². The van der Waals surface area contributed by atoms with E-state index in [2.05, 4.69) is 11.4 Å². The molecule has 4 rings (SSSR count). The van der Waals surface area contributed by atoms with E-state index < -0.39 is 18.3 Å². The van der Waals surface area contributed by atoms with Crippen LogP contribution in [0.5, 0.6) is 0 Å². The number of carbonyl (C=O) groups excluding carboxylic acids is 2. The Morgan fingerprint density at radius 3 is 2.73 bits per heavy atom. The first-order valence-corrected chi connectivity index (χ1v) is 11.3. The molecule has 0 radical (unpaired) electrons. The molecule has 0 bridgehead atoms. The molecule has 2 aromatic carbocycles. The van der Waals surface area contributed by atoms with Crippen LogP contribution in [0, 0.1) is 6.92 Å². The largest absolute Gasteiger partial charge is 0.444 e. The Labute approximate surface area is 194 Å². The van der Waals surface area contributed by atoms with E-state index in [1.165, 1.54) is 0 Å². The van der Waals surface area contributed by atoms with Crippen molar-refractivity contribution in [3.05, 3.63) is 89.1 Å².